The Morgan fingerprint density at radius 1 is 1.35 bits per heavy atom. The quantitative estimate of drug-likeness (QED) is 0.758. The van der Waals surface area contributed by atoms with Gasteiger partial charge in [-0.05, 0) is 12.1 Å². The van der Waals surface area contributed by atoms with Crippen molar-refractivity contribution < 1.29 is 32.0 Å². The molecular weight excluding hydrogens is 317 g/mol. The SMILES string of the molecule is COC(=O)CCc1nc(-c2cccc(OCC(F)(F)F)c2)no1. The highest BCUT2D eigenvalue weighted by molar-refractivity contribution is 5.69. The Morgan fingerprint density at radius 3 is 2.83 bits per heavy atom. The van der Waals surface area contributed by atoms with Gasteiger partial charge in [-0.15, -0.1) is 0 Å². The second kappa shape index (κ2) is 7.12. The number of esters is 1. The molecule has 1 heterocycles. The smallest absolute Gasteiger partial charge is 0.422 e. The molecule has 23 heavy (non-hydrogen) atoms. The van der Waals surface area contributed by atoms with E-state index in [0.29, 0.717) is 5.56 Å². The number of benzene rings is 1. The van der Waals surface area contributed by atoms with Crippen molar-refractivity contribution in [3.63, 3.8) is 0 Å². The third-order valence-corrected chi connectivity index (χ3v) is 2.73. The molecule has 0 bridgehead atoms. The first-order valence-electron chi connectivity index (χ1n) is 6.57. The van der Waals surface area contributed by atoms with Crippen LogP contribution in [-0.2, 0) is 16.0 Å². The van der Waals surface area contributed by atoms with Crippen molar-refractivity contribution in [2.75, 3.05) is 13.7 Å². The minimum atomic E-state index is -4.41. The number of carbonyl (C=O) groups excluding carboxylic acids is 1. The largest absolute Gasteiger partial charge is 0.484 e. The molecule has 0 unspecified atom stereocenters. The molecule has 0 atom stereocenters. The highest BCUT2D eigenvalue weighted by Crippen LogP contribution is 2.24. The summed E-state index contributed by atoms with van der Waals surface area (Å²) in [7, 11) is 1.27. The zero-order chi connectivity index (χ0) is 16.9. The van der Waals surface area contributed by atoms with Gasteiger partial charge in [0.2, 0.25) is 11.7 Å². The maximum Gasteiger partial charge on any atom is 0.422 e. The molecule has 0 saturated heterocycles. The molecule has 6 nitrogen and oxygen atoms in total. The van der Waals surface area contributed by atoms with E-state index in [1.165, 1.54) is 25.3 Å². The second-order valence-electron chi connectivity index (χ2n) is 4.52. The molecule has 0 N–H and O–H groups in total. The van der Waals surface area contributed by atoms with Crippen LogP contribution in [0.4, 0.5) is 13.2 Å². The average Bonchev–Trinajstić information content (AvgIpc) is 2.99. The van der Waals surface area contributed by atoms with Crippen molar-refractivity contribution >= 4 is 5.97 Å². The number of carbonyl (C=O) groups is 1. The fraction of sp³-hybridized carbons (Fsp3) is 0.357. The summed E-state index contributed by atoms with van der Waals surface area (Å²) < 4.78 is 50.6. The van der Waals surface area contributed by atoms with Crippen LogP contribution in [0.15, 0.2) is 28.8 Å². The monoisotopic (exact) mass is 330 g/mol. The van der Waals surface area contributed by atoms with E-state index in [1.54, 1.807) is 6.07 Å². The van der Waals surface area contributed by atoms with E-state index in [0.717, 1.165) is 0 Å². The second-order valence-corrected chi connectivity index (χ2v) is 4.52. The minimum absolute atomic E-state index is 0.0423. The number of halogens is 3. The predicted molar refractivity (Wildman–Crippen MR) is 71.6 cm³/mol. The van der Waals surface area contributed by atoms with Gasteiger partial charge in [-0.1, -0.05) is 17.3 Å². The van der Waals surface area contributed by atoms with Crippen molar-refractivity contribution in [2.45, 2.75) is 19.0 Å². The van der Waals surface area contributed by atoms with Crippen LogP contribution in [0.25, 0.3) is 11.4 Å². The first kappa shape index (κ1) is 16.8. The number of aryl methyl sites for hydroxylation is 1. The molecule has 9 heteroatoms. The highest BCUT2D eigenvalue weighted by atomic mass is 19.4. The summed E-state index contributed by atoms with van der Waals surface area (Å²) in [6.45, 7) is -1.38. The van der Waals surface area contributed by atoms with Gasteiger partial charge in [-0.25, -0.2) is 0 Å². The summed E-state index contributed by atoms with van der Waals surface area (Å²) in [6.07, 6.45) is -4.11. The van der Waals surface area contributed by atoms with E-state index in [1.807, 2.05) is 0 Å². The van der Waals surface area contributed by atoms with Crippen molar-refractivity contribution in [3.05, 3.63) is 30.2 Å². The molecule has 0 amide bonds. The Balaban J connectivity index is 2.04. The van der Waals surface area contributed by atoms with Gasteiger partial charge in [-0.2, -0.15) is 18.2 Å². The van der Waals surface area contributed by atoms with Gasteiger partial charge in [0.1, 0.15) is 5.75 Å². The molecule has 124 valence electrons. The summed E-state index contributed by atoms with van der Waals surface area (Å²) in [4.78, 5) is 15.1. The molecule has 0 saturated carbocycles. The van der Waals surface area contributed by atoms with E-state index in [4.69, 9.17) is 4.52 Å². The molecule has 1 aromatic carbocycles. The van der Waals surface area contributed by atoms with Gasteiger partial charge in [0.05, 0.1) is 13.5 Å². The van der Waals surface area contributed by atoms with Gasteiger partial charge in [0, 0.05) is 12.0 Å². The summed E-state index contributed by atoms with van der Waals surface area (Å²) in [5.41, 5.74) is 0.442. The maximum atomic E-state index is 12.1. The summed E-state index contributed by atoms with van der Waals surface area (Å²) in [5, 5.41) is 3.72. The van der Waals surface area contributed by atoms with E-state index >= 15 is 0 Å². The lowest BCUT2D eigenvalue weighted by Gasteiger charge is -2.09. The molecule has 1 aromatic heterocycles. The number of aromatic nitrogens is 2. The maximum absolute atomic E-state index is 12.1. The average molecular weight is 330 g/mol. The van der Waals surface area contributed by atoms with Crippen LogP contribution >= 0.6 is 0 Å². The van der Waals surface area contributed by atoms with E-state index < -0.39 is 18.8 Å². The topological polar surface area (TPSA) is 74.5 Å². The van der Waals surface area contributed by atoms with Gasteiger partial charge in [-0.3, -0.25) is 4.79 Å². The molecule has 0 aliphatic rings. The first-order valence-corrected chi connectivity index (χ1v) is 6.57. The van der Waals surface area contributed by atoms with Crippen LogP contribution in [-0.4, -0.2) is 36.0 Å². The van der Waals surface area contributed by atoms with Crippen molar-refractivity contribution in [3.8, 4) is 17.1 Å². The number of alkyl halides is 3. The lowest BCUT2D eigenvalue weighted by Crippen LogP contribution is -2.19. The van der Waals surface area contributed by atoms with Gasteiger partial charge >= 0.3 is 12.1 Å². The van der Waals surface area contributed by atoms with E-state index in [2.05, 4.69) is 19.6 Å². The Kier molecular flexibility index (Phi) is 5.20. The Labute approximate surface area is 129 Å². The normalized spacial score (nSPS) is 11.3. The highest BCUT2D eigenvalue weighted by Gasteiger charge is 2.28. The third-order valence-electron chi connectivity index (χ3n) is 2.73. The lowest BCUT2D eigenvalue weighted by molar-refractivity contribution is -0.153. The van der Waals surface area contributed by atoms with Gasteiger partial charge < -0.3 is 14.0 Å². The zero-order valence-electron chi connectivity index (χ0n) is 12.1. The Morgan fingerprint density at radius 2 is 2.13 bits per heavy atom. The van der Waals surface area contributed by atoms with Gasteiger partial charge in [0.15, 0.2) is 6.61 Å². The Hall–Kier alpha value is -2.58. The van der Waals surface area contributed by atoms with Crippen molar-refractivity contribution in [1.29, 1.82) is 0 Å². The molecule has 0 spiro atoms. The van der Waals surface area contributed by atoms with Crippen LogP contribution in [0.1, 0.15) is 12.3 Å². The summed E-state index contributed by atoms with van der Waals surface area (Å²) >= 11 is 0. The molecular formula is C14H13F3N2O4. The molecule has 0 aliphatic carbocycles. The first-order chi connectivity index (χ1) is 10.9. The third kappa shape index (κ3) is 5.28. The minimum Gasteiger partial charge on any atom is -0.484 e. The number of ether oxygens (including phenoxy) is 2. The fourth-order valence-corrected chi connectivity index (χ4v) is 1.67. The van der Waals surface area contributed by atoms with Crippen LogP contribution in [0.2, 0.25) is 0 Å². The van der Waals surface area contributed by atoms with Crippen LogP contribution in [0.5, 0.6) is 5.75 Å². The fourth-order valence-electron chi connectivity index (χ4n) is 1.67. The summed E-state index contributed by atoms with van der Waals surface area (Å²) in [6, 6.07) is 5.90. The predicted octanol–water partition coefficient (Wildman–Crippen LogP) is 2.78. The van der Waals surface area contributed by atoms with Crippen molar-refractivity contribution in [2.24, 2.45) is 0 Å². The number of nitrogens with zero attached hydrogens (tertiary/aromatic N) is 2. The summed E-state index contributed by atoms with van der Waals surface area (Å²) in [5.74, 6) is 0.0578. The van der Waals surface area contributed by atoms with Gasteiger partial charge in [0.25, 0.3) is 0 Å². The number of hydrogen-bond donors (Lipinski definition) is 0. The Bertz CT molecular complexity index is 670. The van der Waals surface area contributed by atoms with Crippen molar-refractivity contribution in [1.82, 2.24) is 10.1 Å². The molecule has 0 fully saturated rings. The van der Waals surface area contributed by atoms with Crippen LogP contribution in [0, 0.1) is 0 Å². The van der Waals surface area contributed by atoms with Crippen LogP contribution in [0.3, 0.4) is 0 Å². The number of rotatable bonds is 6. The number of hydrogen-bond acceptors (Lipinski definition) is 6. The molecule has 0 radical (unpaired) electrons. The molecule has 0 aliphatic heterocycles. The lowest BCUT2D eigenvalue weighted by atomic mass is 10.2. The zero-order valence-corrected chi connectivity index (χ0v) is 12.1. The van der Waals surface area contributed by atoms with E-state index in [9.17, 15) is 18.0 Å². The van der Waals surface area contributed by atoms with Crippen LogP contribution < -0.4 is 4.74 Å². The molecule has 2 aromatic rings. The standard InChI is InChI=1S/C14H13F3N2O4/c1-21-12(20)6-5-11-18-13(19-23-11)9-3-2-4-10(7-9)22-8-14(15,16)17/h2-4,7H,5-6,8H2,1H3. The van der Waals surface area contributed by atoms with E-state index in [-0.39, 0.29) is 30.3 Å². The number of methoxy groups -OCH3 is 1. The molecule has 2 rings (SSSR count).